The number of nitrogens with zero attached hydrogens (tertiary/aromatic N) is 5. The van der Waals surface area contributed by atoms with Crippen LogP contribution in [0.25, 0.3) is 5.78 Å². The number of nitrogens with one attached hydrogen (secondary N) is 1. The number of aromatic amines is 1. The maximum atomic E-state index is 12.7. The van der Waals surface area contributed by atoms with E-state index in [4.69, 9.17) is 14.2 Å². The number of sulfonamides is 1. The second kappa shape index (κ2) is 7.55. The number of rotatable bonds is 6. The molecule has 0 atom stereocenters. The Morgan fingerprint density at radius 2 is 2.07 bits per heavy atom. The maximum absolute atomic E-state index is 12.7. The fraction of sp³-hybridized carbons (Fsp3) is 0.357. The number of hydrogen-bond acceptors (Lipinski definition) is 10. The monoisotopic (exact) mass is 428 g/mol. The molecule has 0 amide bonds. The lowest BCUT2D eigenvalue weighted by atomic mass is 10.3. The Morgan fingerprint density at radius 3 is 2.71 bits per heavy atom. The molecule has 0 unspecified atom stereocenters. The molecular weight excluding hydrogens is 412 g/mol. The third-order valence-electron chi connectivity index (χ3n) is 3.46. The summed E-state index contributed by atoms with van der Waals surface area (Å²) in [6.07, 6.45) is 0. The van der Waals surface area contributed by atoms with Crippen molar-refractivity contribution in [1.82, 2.24) is 24.0 Å². The first-order valence-electron chi connectivity index (χ1n) is 7.83. The van der Waals surface area contributed by atoms with Gasteiger partial charge >= 0.3 is 16.0 Å². The van der Waals surface area contributed by atoms with E-state index in [1.165, 1.54) is 31.0 Å². The normalized spacial score (nSPS) is 12.4. The van der Waals surface area contributed by atoms with Crippen molar-refractivity contribution in [3.05, 3.63) is 22.1 Å². The number of aryl methyl sites for hydroxylation is 1. The first-order valence-corrected chi connectivity index (χ1v) is 10.0. The molecule has 0 spiro atoms. The van der Waals surface area contributed by atoms with E-state index >= 15 is 0 Å². The van der Waals surface area contributed by atoms with Crippen LogP contribution in [0.2, 0.25) is 0 Å². The van der Waals surface area contributed by atoms with E-state index < -0.39 is 21.0 Å². The predicted octanol–water partition coefficient (Wildman–Crippen LogP) is 0.306. The SMILES string of the molecule is CCOC(=O)c1c(S(=O)(=O)N=c2nc3nc(OC)cc(OC)n3s2)n[nH]c1C. The molecule has 14 heteroatoms. The summed E-state index contributed by atoms with van der Waals surface area (Å²) in [7, 11) is -1.49. The van der Waals surface area contributed by atoms with Crippen LogP contribution in [0.5, 0.6) is 11.8 Å². The topological polar surface area (TPSA) is 150 Å². The van der Waals surface area contributed by atoms with Crippen molar-refractivity contribution in [2.75, 3.05) is 20.8 Å². The molecule has 0 aliphatic carbocycles. The van der Waals surface area contributed by atoms with Gasteiger partial charge in [-0.25, -0.2) is 4.79 Å². The Bertz CT molecular complexity index is 1210. The van der Waals surface area contributed by atoms with Gasteiger partial charge in [0.05, 0.1) is 26.9 Å². The number of aromatic nitrogens is 5. The van der Waals surface area contributed by atoms with E-state index in [0.717, 1.165) is 11.5 Å². The van der Waals surface area contributed by atoms with Crippen LogP contribution in [-0.2, 0) is 14.8 Å². The first-order chi connectivity index (χ1) is 13.3. The summed E-state index contributed by atoms with van der Waals surface area (Å²) in [5.41, 5.74) is 0.0516. The third kappa shape index (κ3) is 3.55. The summed E-state index contributed by atoms with van der Waals surface area (Å²) in [5.74, 6) is -0.0987. The Hall–Kier alpha value is -3.00. The van der Waals surface area contributed by atoms with Crippen LogP contribution in [-0.4, -0.2) is 59.2 Å². The van der Waals surface area contributed by atoms with E-state index in [0.29, 0.717) is 5.88 Å². The van der Waals surface area contributed by atoms with Crippen molar-refractivity contribution in [2.45, 2.75) is 18.9 Å². The van der Waals surface area contributed by atoms with Crippen molar-refractivity contribution >= 4 is 33.3 Å². The number of ether oxygens (including phenoxy) is 3. The fourth-order valence-electron chi connectivity index (χ4n) is 2.25. The summed E-state index contributed by atoms with van der Waals surface area (Å²) in [6, 6.07) is 1.51. The lowest BCUT2D eigenvalue weighted by Crippen LogP contribution is -2.13. The summed E-state index contributed by atoms with van der Waals surface area (Å²) in [5, 5.41) is 5.63. The molecule has 0 fully saturated rings. The molecule has 3 rings (SSSR count). The number of carbonyl (C=O) groups is 1. The highest BCUT2D eigenvalue weighted by atomic mass is 32.2. The molecule has 3 aromatic heterocycles. The zero-order valence-corrected chi connectivity index (χ0v) is 16.9. The largest absolute Gasteiger partial charge is 0.481 e. The van der Waals surface area contributed by atoms with Gasteiger partial charge in [0.1, 0.15) is 5.56 Å². The first kappa shape index (κ1) is 19.8. The van der Waals surface area contributed by atoms with Crippen molar-refractivity contribution in [3.63, 3.8) is 0 Å². The highest BCUT2D eigenvalue weighted by Crippen LogP contribution is 2.21. The lowest BCUT2D eigenvalue weighted by Gasteiger charge is -2.03. The van der Waals surface area contributed by atoms with Gasteiger partial charge < -0.3 is 14.2 Å². The van der Waals surface area contributed by atoms with Crippen LogP contribution in [0.4, 0.5) is 0 Å². The number of carbonyl (C=O) groups excluding carboxylic acids is 1. The highest BCUT2D eigenvalue weighted by Gasteiger charge is 2.29. The van der Waals surface area contributed by atoms with Crippen LogP contribution in [0.15, 0.2) is 15.5 Å². The molecule has 1 N–H and O–H groups in total. The zero-order valence-electron chi connectivity index (χ0n) is 15.3. The van der Waals surface area contributed by atoms with Gasteiger partial charge in [0.25, 0.3) is 5.78 Å². The number of fused-ring (bicyclic) bond motifs is 1. The predicted molar refractivity (Wildman–Crippen MR) is 96.0 cm³/mol. The van der Waals surface area contributed by atoms with E-state index in [2.05, 4.69) is 24.6 Å². The van der Waals surface area contributed by atoms with E-state index in [1.807, 2.05) is 0 Å². The minimum Gasteiger partial charge on any atom is -0.481 e. The van der Waals surface area contributed by atoms with E-state index in [1.54, 1.807) is 6.92 Å². The summed E-state index contributed by atoms with van der Waals surface area (Å²) in [4.78, 5) is 20.1. The minimum absolute atomic E-state index is 0.0852. The van der Waals surface area contributed by atoms with Crippen molar-refractivity contribution in [3.8, 4) is 11.8 Å². The smallest absolute Gasteiger partial charge is 0.343 e. The van der Waals surface area contributed by atoms with Crippen LogP contribution >= 0.6 is 11.5 Å². The molecule has 0 aliphatic heterocycles. The second-order valence-corrected chi connectivity index (χ2v) is 7.67. The third-order valence-corrected chi connectivity index (χ3v) is 5.65. The summed E-state index contributed by atoms with van der Waals surface area (Å²) < 4.78 is 45.7. The fourth-order valence-corrected chi connectivity index (χ4v) is 4.33. The van der Waals surface area contributed by atoms with Crippen LogP contribution in [0, 0.1) is 6.92 Å². The molecule has 0 aliphatic rings. The molecule has 0 saturated carbocycles. The van der Waals surface area contributed by atoms with Crippen LogP contribution < -0.4 is 14.3 Å². The van der Waals surface area contributed by atoms with Gasteiger partial charge in [0.15, 0.2) is 0 Å². The maximum Gasteiger partial charge on any atom is 0.343 e. The molecule has 150 valence electrons. The molecule has 12 nitrogen and oxygen atoms in total. The Kier molecular flexibility index (Phi) is 5.33. The summed E-state index contributed by atoms with van der Waals surface area (Å²) in [6.45, 7) is 3.20. The minimum atomic E-state index is -4.35. The van der Waals surface area contributed by atoms with E-state index in [9.17, 15) is 13.2 Å². The molecule has 0 radical (unpaired) electrons. The molecule has 0 aromatic carbocycles. The van der Waals surface area contributed by atoms with Crippen molar-refractivity contribution < 1.29 is 27.4 Å². The number of methoxy groups -OCH3 is 2. The Labute approximate surface area is 163 Å². The van der Waals surface area contributed by atoms with Gasteiger partial charge in [-0.15, -0.1) is 4.40 Å². The highest BCUT2D eigenvalue weighted by molar-refractivity contribution is 7.90. The lowest BCUT2D eigenvalue weighted by molar-refractivity contribution is 0.0521. The summed E-state index contributed by atoms with van der Waals surface area (Å²) >= 11 is 0.883. The molecule has 0 bridgehead atoms. The van der Waals surface area contributed by atoms with Crippen molar-refractivity contribution in [2.24, 2.45) is 4.40 Å². The average Bonchev–Trinajstić information content (AvgIpc) is 3.23. The number of esters is 1. The van der Waals surface area contributed by atoms with Gasteiger partial charge in [0.2, 0.25) is 21.6 Å². The van der Waals surface area contributed by atoms with Gasteiger partial charge in [-0.1, -0.05) is 0 Å². The zero-order chi connectivity index (χ0) is 20.5. The van der Waals surface area contributed by atoms with Crippen LogP contribution in [0.1, 0.15) is 23.0 Å². The quantitative estimate of drug-likeness (QED) is 0.547. The van der Waals surface area contributed by atoms with Gasteiger partial charge in [-0.3, -0.25) is 5.10 Å². The molecule has 28 heavy (non-hydrogen) atoms. The molecule has 0 saturated heterocycles. The van der Waals surface area contributed by atoms with Crippen LogP contribution in [0.3, 0.4) is 0 Å². The van der Waals surface area contributed by atoms with Gasteiger partial charge in [-0.2, -0.15) is 27.3 Å². The van der Waals surface area contributed by atoms with E-state index in [-0.39, 0.29) is 34.3 Å². The molecule has 3 heterocycles. The average molecular weight is 428 g/mol. The molecular formula is C14H16N6O6S2. The number of hydrogen-bond donors (Lipinski definition) is 1. The van der Waals surface area contributed by atoms with Gasteiger partial charge in [0, 0.05) is 5.69 Å². The molecule has 3 aromatic rings. The van der Waals surface area contributed by atoms with Gasteiger partial charge in [-0.05, 0) is 25.4 Å². The van der Waals surface area contributed by atoms with Crippen molar-refractivity contribution in [1.29, 1.82) is 0 Å². The number of H-pyrrole nitrogens is 1. The second-order valence-electron chi connectivity index (χ2n) is 5.24. The Morgan fingerprint density at radius 1 is 1.32 bits per heavy atom. The standard InChI is InChI=1S/C14H16N6O6S2/c1-5-26-12(21)10-7(2)17-18-11(10)28(22,23)19-14-16-13-15-8(24-3)6-9(25-4)20(13)27-14/h6H,5H2,1-4H3,(H,17,18). The Balaban J connectivity index is 2.15.